The third-order valence-corrected chi connectivity index (χ3v) is 6.28. The molecular formula is C13H18BrClN2S. The number of rotatable bonds is 3. The summed E-state index contributed by atoms with van der Waals surface area (Å²) < 4.78 is 0.914. The molecule has 0 radical (unpaired) electrons. The smallest absolute Gasteiger partial charge is 0.0611 e. The first-order valence-corrected chi connectivity index (χ1v) is 8.34. The molecule has 0 bridgehead atoms. The van der Waals surface area contributed by atoms with Crippen LogP contribution in [0.1, 0.15) is 19.8 Å². The van der Waals surface area contributed by atoms with Gasteiger partial charge in [0.2, 0.25) is 0 Å². The van der Waals surface area contributed by atoms with E-state index in [1.165, 1.54) is 12.2 Å². The van der Waals surface area contributed by atoms with Crippen molar-refractivity contribution in [1.82, 2.24) is 0 Å². The molecule has 0 aliphatic carbocycles. The van der Waals surface area contributed by atoms with Crippen LogP contribution in [0.5, 0.6) is 0 Å². The fourth-order valence-electron chi connectivity index (χ4n) is 2.36. The molecule has 0 amide bonds. The maximum atomic E-state index is 6.03. The highest BCUT2D eigenvalue weighted by molar-refractivity contribution is 9.10. The number of thioether (sulfide) groups is 1. The molecule has 3 N–H and O–H groups in total. The third kappa shape index (κ3) is 2.98. The highest BCUT2D eigenvalue weighted by atomic mass is 79.9. The Bertz CT molecular complexity index is 429. The number of nitrogens with two attached hydrogens (primary N) is 1. The quantitative estimate of drug-likeness (QED) is 0.861. The fourth-order valence-corrected chi connectivity index (χ4v) is 4.11. The first-order valence-electron chi connectivity index (χ1n) is 6.12. The lowest BCUT2D eigenvalue weighted by Crippen LogP contribution is -2.54. The van der Waals surface area contributed by atoms with Crippen LogP contribution in [0.2, 0.25) is 5.02 Å². The van der Waals surface area contributed by atoms with Gasteiger partial charge in [-0.25, -0.2) is 0 Å². The zero-order valence-corrected chi connectivity index (χ0v) is 13.5. The van der Waals surface area contributed by atoms with Crippen LogP contribution < -0.4 is 11.1 Å². The van der Waals surface area contributed by atoms with E-state index in [1.54, 1.807) is 0 Å². The Kier molecular flexibility index (Phi) is 4.86. The Hall–Kier alpha value is 0.1000. The SMILES string of the molecule is CC1SCCCC1(CN)Nc1ccc(Cl)c(Br)c1. The second kappa shape index (κ2) is 6.04. The van der Waals surface area contributed by atoms with Crippen LogP contribution in [-0.4, -0.2) is 23.1 Å². The van der Waals surface area contributed by atoms with Crippen molar-refractivity contribution >= 4 is 45.0 Å². The van der Waals surface area contributed by atoms with Crippen molar-refractivity contribution < 1.29 is 0 Å². The van der Waals surface area contributed by atoms with Crippen molar-refractivity contribution in [2.24, 2.45) is 5.73 Å². The summed E-state index contributed by atoms with van der Waals surface area (Å²) >= 11 is 11.5. The minimum absolute atomic E-state index is 0.00378. The van der Waals surface area contributed by atoms with Gasteiger partial charge in [0.25, 0.3) is 0 Å². The summed E-state index contributed by atoms with van der Waals surface area (Å²) in [5, 5.41) is 4.88. The van der Waals surface area contributed by atoms with E-state index in [0.29, 0.717) is 11.8 Å². The Morgan fingerprint density at radius 1 is 1.61 bits per heavy atom. The zero-order chi connectivity index (χ0) is 13.2. The van der Waals surface area contributed by atoms with E-state index in [2.05, 4.69) is 28.2 Å². The van der Waals surface area contributed by atoms with E-state index in [9.17, 15) is 0 Å². The van der Waals surface area contributed by atoms with E-state index < -0.39 is 0 Å². The summed E-state index contributed by atoms with van der Waals surface area (Å²) in [5.74, 6) is 1.23. The molecule has 1 aromatic carbocycles. The summed E-state index contributed by atoms with van der Waals surface area (Å²) in [6.45, 7) is 2.91. The first-order chi connectivity index (χ1) is 8.57. The Morgan fingerprint density at radius 3 is 3.00 bits per heavy atom. The van der Waals surface area contributed by atoms with Crippen LogP contribution in [0.3, 0.4) is 0 Å². The van der Waals surface area contributed by atoms with Crippen molar-refractivity contribution in [2.75, 3.05) is 17.6 Å². The molecule has 1 saturated heterocycles. The maximum Gasteiger partial charge on any atom is 0.0611 e. The molecule has 2 nitrogen and oxygen atoms in total. The van der Waals surface area contributed by atoms with Crippen LogP contribution in [0.15, 0.2) is 22.7 Å². The van der Waals surface area contributed by atoms with Gasteiger partial charge in [-0.05, 0) is 52.7 Å². The highest BCUT2D eigenvalue weighted by Gasteiger charge is 2.37. The Morgan fingerprint density at radius 2 is 2.39 bits per heavy atom. The van der Waals surface area contributed by atoms with Crippen molar-refractivity contribution in [1.29, 1.82) is 0 Å². The van der Waals surface area contributed by atoms with Crippen LogP contribution in [0.4, 0.5) is 5.69 Å². The molecule has 18 heavy (non-hydrogen) atoms. The van der Waals surface area contributed by atoms with E-state index >= 15 is 0 Å². The van der Waals surface area contributed by atoms with Gasteiger partial charge in [-0.3, -0.25) is 0 Å². The van der Waals surface area contributed by atoms with E-state index in [4.69, 9.17) is 17.3 Å². The predicted octanol–water partition coefficient (Wildman–Crippen LogP) is 4.13. The van der Waals surface area contributed by atoms with Gasteiger partial charge in [-0.2, -0.15) is 11.8 Å². The minimum atomic E-state index is -0.00378. The van der Waals surface area contributed by atoms with Gasteiger partial charge in [0.1, 0.15) is 0 Å². The van der Waals surface area contributed by atoms with E-state index in [-0.39, 0.29) is 5.54 Å². The molecule has 0 saturated carbocycles. The molecular weight excluding hydrogens is 332 g/mol. The number of halogens is 2. The topological polar surface area (TPSA) is 38.0 Å². The van der Waals surface area contributed by atoms with Crippen LogP contribution in [-0.2, 0) is 0 Å². The molecule has 5 heteroatoms. The average molecular weight is 350 g/mol. The standard InChI is InChI=1S/C13H18BrClN2S/c1-9-13(8-16,5-2-6-18-9)17-10-3-4-12(15)11(14)7-10/h3-4,7,9,17H,2,5-6,8,16H2,1H3. The lowest BCUT2D eigenvalue weighted by Gasteiger charge is -2.43. The molecule has 1 aromatic rings. The minimum Gasteiger partial charge on any atom is -0.377 e. The van der Waals surface area contributed by atoms with Gasteiger partial charge >= 0.3 is 0 Å². The van der Waals surface area contributed by atoms with E-state index in [0.717, 1.165) is 21.6 Å². The molecule has 0 aromatic heterocycles. The highest BCUT2D eigenvalue weighted by Crippen LogP contribution is 2.37. The second-order valence-electron chi connectivity index (χ2n) is 4.73. The Balaban J connectivity index is 2.21. The van der Waals surface area contributed by atoms with Gasteiger partial charge < -0.3 is 11.1 Å². The van der Waals surface area contributed by atoms with Gasteiger partial charge in [-0.1, -0.05) is 18.5 Å². The first kappa shape index (κ1) is 14.5. The number of hydrogen-bond donors (Lipinski definition) is 2. The van der Waals surface area contributed by atoms with Crippen molar-refractivity contribution in [3.8, 4) is 0 Å². The van der Waals surface area contributed by atoms with Gasteiger partial charge in [0.05, 0.1) is 10.6 Å². The molecule has 100 valence electrons. The summed E-state index contributed by atoms with van der Waals surface area (Å²) in [6, 6.07) is 5.93. The zero-order valence-electron chi connectivity index (χ0n) is 10.4. The number of anilines is 1. The predicted molar refractivity (Wildman–Crippen MR) is 85.7 cm³/mol. The normalized spacial score (nSPS) is 28.1. The van der Waals surface area contributed by atoms with Crippen LogP contribution in [0.25, 0.3) is 0 Å². The van der Waals surface area contributed by atoms with Crippen molar-refractivity contribution in [2.45, 2.75) is 30.6 Å². The lowest BCUT2D eigenvalue weighted by molar-refractivity contribution is 0.422. The molecule has 1 heterocycles. The largest absolute Gasteiger partial charge is 0.377 e. The summed E-state index contributed by atoms with van der Waals surface area (Å²) in [7, 11) is 0. The molecule has 2 unspecified atom stereocenters. The summed E-state index contributed by atoms with van der Waals surface area (Å²) in [5.41, 5.74) is 7.10. The summed E-state index contributed by atoms with van der Waals surface area (Å²) in [6.07, 6.45) is 2.34. The molecule has 1 aliphatic rings. The molecule has 2 atom stereocenters. The summed E-state index contributed by atoms with van der Waals surface area (Å²) in [4.78, 5) is 0. The maximum absolute atomic E-state index is 6.03. The van der Waals surface area contributed by atoms with Crippen LogP contribution in [0, 0.1) is 0 Å². The molecule has 1 aliphatic heterocycles. The van der Waals surface area contributed by atoms with Gasteiger partial charge in [-0.15, -0.1) is 0 Å². The van der Waals surface area contributed by atoms with Gasteiger partial charge in [0.15, 0.2) is 0 Å². The lowest BCUT2D eigenvalue weighted by atomic mass is 9.89. The monoisotopic (exact) mass is 348 g/mol. The number of nitrogens with one attached hydrogen (secondary N) is 1. The molecule has 2 rings (SSSR count). The van der Waals surface area contributed by atoms with Crippen molar-refractivity contribution in [3.05, 3.63) is 27.7 Å². The van der Waals surface area contributed by atoms with Crippen molar-refractivity contribution in [3.63, 3.8) is 0 Å². The third-order valence-electron chi connectivity index (χ3n) is 3.59. The number of hydrogen-bond acceptors (Lipinski definition) is 3. The molecule has 0 spiro atoms. The van der Waals surface area contributed by atoms with Gasteiger partial charge in [0, 0.05) is 22.0 Å². The fraction of sp³-hybridized carbons (Fsp3) is 0.538. The second-order valence-corrected chi connectivity index (χ2v) is 7.44. The average Bonchev–Trinajstić information content (AvgIpc) is 2.37. The van der Waals surface area contributed by atoms with E-state index in [1.807, 2.05) is 30.0 Å². The number of benzene rings is 1. The molecule has 1 fully saturated rings. The van der Waals surface area contributed by atoms with Crippen LogP contribution >= 0.6 is 39.3 Å². The Labute approximate surface area is 126 Å².